The molecular formula is C3H4Cl3I. The SMILES string of the molecule is CC(I)C(Cl)(Cl)Cl. The molecule has 0 N–H and O–H groups in total. The molecule has 0 aliphatic heterocycles. The fourth-order valence-electron chi connectivity index (χ4n) is 0. The molecule has 0 heterocycles. The molecule has 44 valence electrons. The summed E-state index contributed by atoms with van der Waals surface area (Å²) in [5, 5.41) is 0. The molecule has 0 aromatic rings. The van der Waals surface area contributed by atoms with Crippen molar-refractivity contribution in [1.82, 2.24) is 0 Å². The van der Waals surface area contributed by atoms with Gasteiger partial charge in [0.05, 0.1) is 3.92 Å². The second kappa shape index (κ2) is 2.95. The number of halogens is 4. The van der Waals surface area contributed by atoms with Gasteiger partial charge in [0.15, 0.2) is 0 Å². The van der Waals surface area contributed by atoms with E-state index < -0.39 is 3.79 Å². The van der Waals surface area contributed by atoms with Crippen molar-refractivity contribution in [2.45, 2.75) is 14.6 Å². The Balaban J connectivity index is 3.54. The van der Waals surface area contributed by atoms with Crippen molar-refractivity contribution in [1.29, 1.82) is 0 Å². The fourth-order valence-corrected chi connectivity index (χ4v) is 0. The van der Waals surface area contributed by atoms with Crippen molar-refractivity contribution in [3.05, 3.63) is 0 Å². The van der Waals surface area contributed by atoms with E-state index in [9.17, 15) is 0 Å². The van der Waals surface area contributed by atoms with Crippen LogP contribution in [-0.2, 0) is 0 Å². The third kappa shape index (κ3) is 4.13. The normalized spacial score (nSPS) is 16.7. The van der Waals surface area contributed by atoms with Crippen LogP contribution in [0.5, 0.6) is 0 Å². The zero-order valence-corrected chi connectivity index (χ0v) is 8.01. The summed E-state index contributed by atoms with van der Waals surface area (Å²) in [6, 6.07) is 0. The highest BCUT2D eigenvalue weighted by atomic mass is 127. The van der Waals surface area contributed by atoms with E-state index in [4.69, 9.17) is 34.8 Å². The number of hydrogen-bond acceptors (Lipinski definition) is 0. The lowest BCUT2D eigenvalue weighted by atomic mass is 10.6. The summed E-state index contributed by atoms with van der Waals surface area (Å²) in [4.78, 5) is 0. The topological polar surface area (TPSA) is 0 Å². The van der Waals surface area contributed by atoms with Crippen LogP contribution in [0.25, 0.3) is 0 Å². The number of rotatable bonds is 0. The van der Waals surface area contributed by atoms with E-state index >= 15 is 0 Å². The van der Waals surface area contributed by atoms with E-state index in [1.807, 2.05) is 6.92 Å². The van der Waals surface area contributed by atoms with Crippen LogP contribution >= 0.6 is 57.4 Å². The van der Waals surface area contributed by atoms with E-state index in [2.05, 4.69) is 22.6 Å². The maximum atomic E-state index is 5.39. The summed E-state index contributed by atoms with van der Waals surface area (Å²) < 4.78 is -1.03. The molecule has 0 aliphatic carbocycles. The Morgan fingerprint density at radius 3 is 1.57 bits per heavy atom. The minimum atomic E-state index is -1.10. The summed E-state index contributed by atoms with van der Waals surface area (Å²) in [5.41, 5.74) is 0. The van der Waals surface area contributed by atoms with E-state index in [0.29, 0.717) is 0 Å². The summed E-state index contributed by atoms with van der Waals surface area (Å²) in [5.74, 6) is 0. The van der Waals surface area contributed by atoms with Gasteiger partial charge in [0.1, 0.15) is 0 Å². The number of hydrogen-bond donors (Lipinski definition) is 0. The van der Waals surface area contributed by atoms with E-state index in [-0.39, 0.29) is 3.92 Å². The number of alkyl halides is 4. The first-order valence-corrected chi connectivity index (χ1v) is 4.03. The van der Waals surface area contributed by atoms with Crippen molar-refractivity contribution < 1.29 is 0 Å². The van der Waals surface area contributed by atoms with Crippen molar-refractivity contribution in [3.8, 4) is 0 Å². The second-order valence-electron chi connectivity index (χ2n) is 1.16. The van der Waals surface area contributed by atoms with Crippen LogP contribution in [0.1, 0.15) is 6.92 Å². The second-order valence-corrected chi connectivity index (χ2v) is 5.40. The predicted molar refractivity (Wildman–Crippen MR) is 43.8 cm³/mol. The van der Waals surface area contributed by atoms with Gasteiger partial charge < -0.3 is 0 Å². The molecule has 0 saturated heterocycles. The summed E-state index contributed by atoms with van der Waals surface area (Å²) in [7, 11) is 0. The molecule has 0 fully saturated rings. The zero-order chi connectivity index (χ0) is 6.08. The van der Waals surface area contributed by atoms with E-state index in [1.54, 1.807) is 0 Å². The summed E-state index contributed by atoms with van der Waals surface area (Å²) >= 11 is 18.2. The predicted octanol–water partition coefficient (Wildman–Crippen LogP) is 3.18. The van der Waals surface area contributed by atoms with Gasteiger partial charge in [0, 0.05) is 0 Å². The molecule has 0 aromatic carbocycles. The van der Waals surface area contributed by atoms with Crippen LogP contribution < -0.4 is 0 Å². The monoisotopic (exact) mass is 272 g/mol. The minimum absolute atomic E-state index is 0.0649. The first kappa shape index (κ1) is 8.60. The molecule has 0 nitrogen and oxygen atoms in total. The van der Waals surface area contributed by atoms with Gasteiger partial charge in [0.2, 0.25) is 3.79 Å². The quantitative estimate of drug-likeness (QED) is 0.470. The molecule has 1 atom stereocenters. The van der Waals surface area contributed by atoms with Gasteiger partial charge in [-0.05, 0) is 6.92 Å². The average Bonchev–Trinajstić information content (AvgIpc) is 1.31. The molecule has 0 saturated carbocycles. The molecule has 1 unspecified atom stereocenters. The molecular weight excluding hydrogens is 269 g/mol. The van der Waals surface area contributed by atoms with Crippen LogP contribution in [0.15, 0.2) is 0 Å². The van der Waals surface area contributed by atoms with Gasteiger partial charge in [-0.1, -0.05) is 57.4 Å². The van der Waals surface area contributed by atoms with Crippen LogP contribution in [0.2, 0.25) is 0 Å². The van der Waals surface area contributed by atoms with Crippen LogP contribution in [0.3, 0.4) is 0 Å². The van der Waals surface area contributed by atoms with Crippen LogP contribution in [0.4, 0.5) is 0 Å². The first-order valence-electron chi connectivity index (χ1n) is 1.65. The third-order valence-corrected chi connectivity index (χ3v) is 3.47. The highest BCUT2D eigenvalue weighted by molar-refractivity contribution is 14.1. The largest absolute Gasteiger partial charge is 0.201 e. The molecule has 0 rings (SSSR count). The molecule has 0 spiro atoms. The van der Waals surface area contributed by atoms with Gasteiger partial charge in [-0.25, -0.2) is 0 Å². The summed E-state index contributed by atoms with van der Waals surface area (Å²) in [6.07, 6.45) is 0. The fraction of sp³-hybridized carbons (Fsp3) is 1.00. The van der Waals surface area contributed by atoms with Crippen molar-refractivity contribution in [3.63, 3.8) is 0 Å². The first-order chi connectivity index (χ1) is 2.94. The van der Waals surface area contributed by atoms with E-state index in [0.717, 1.165) is 0 Å². The Hall–Kier alpha value is 1.60. The third-order valence-electron chi connectivity index (χ3n) is 0.451. The lowest BCUT2D eigenvalue weighted by Crippen LogP contribution is -2.13. The molecule has 0 amide bonds. The average molecular weight is 273 g/mol. The van der Waals surface area contributed by atoms with Crippen molar-refractivity contribution in [2.75, 3.05) is 0 Å². The van der Waals surface area contributed by atoms with Gasteiger partial charge in [-0.2, -0.15) is 0 Å². The Morgan fingerprint density at radius 2 is 1.57 bits per heavy atom. The van der Waals surface area contributed by atoms with Gasteiger partial charge in [-0.15, -0.1) is 0 Å². The van der Waals surface area contributed by atoms with Gasteiger partial charge in [-0.3, -0.25) is 0 Å². The highest BCUT2D eigenvalue weighted by Crippen LogP contribution is 2.34. The van der Waals surface area contributed by atoms with Gasteiger partial charge >= 0.3 is 0 Å². The molecule has 0 aliphatic rings. The van der Waals surface area contributed by atoms with Crippen LogP contribution in [-0.4, -0.2) is 7.72 Å². The lowest BCUT2D eigenvalue weighted by Gasteiger charge is -2.11. The van der Waals surface area contributed by atoms with E-state index in [1.165, 1.54) is 0 Å². The smallest absolute Gasteiger partial charge is 0.0825 e. The van der Waals surface area contributed by atoms with Gasteiger partial charge in [0.25, 0.3) is 0 Å². The maximum absolute atomic E-state index is 5.39. The van der Waals surface area contributed by atoms with Crippen molar-refractivity contribution in [2.24, 2.45) is 0 Å². The molecule has 0 aromatic heterocycles. The van der Waals surface area contributed by atoms with Crippen LogP contribution in [0, 0.1) is 0 Å². The minimum Gasteiger partial charge on any atom is -0.0825 e. The zero-order valence-electron chi connectivity index (χ0n) is 3.59. The Morgan fingerprint density at radius 1 is 1.43 bits per heavy atom. The molecule has 0 bridgehead atoms. The highest BCUT2D eigenvalue weighted by Gasteiger charge is 2.25. The Labute approximate surface area is 71.6 Å². The Bertz CT molecular complexity index is 55.7. The Kier molecular flexibility index (Phi) is 3.62. The molecule has 7 heavy (non-hydrogen) atoms. The summed E-state index contributed by atoms with van der Waals surface area (Å²) in [6.45, 7) is 1.84. The molecule has 0 radical (unpaired) electrons. The molecule has 4 heteroatoms. The lowest BCUT2D eigenvalue weighted by molar-refractivity contribution is 1.04. The standard InChI is InChI=1S/C3H4Cl3I/c1-2(7)3(4,5)6/h2H,1H3. The maximum Gasteiger partial charge on any atom is 0.201 e. The van der Waals surface area contributed by atoms with Crippen molar-refractivity contribution >= 4 is 57.4 Å².